The zero-order valence-electron chi connectivity index (χ0n) is 18.5. The predicted molar refractivity (Wildman–Crippen MR) is 118 cm³/mol. The Balaban J connectivity index is 1.43. The Morgan fingerprint density at radius 1 is 1.06 bits per heavy atom. The van der Waals surface area contributed by atoms with E-state index in [1.54, 1.807) is 47.8 Å². The molecule has 1 aliphatic rings. The Bertz CT molecular complexity index is 857. The monoisotopic (exact) mass is 425 g/mol. The van der Waals surface area contributed by atoms with Gasteiger partial charge in [0.15, 0.2) is 0 Å². The third-order valence-electron chi connectivity index (χ3n) is 5.11. The number of benzene rings is 1. The Kier molecular flexibility index (Phi) is 7.57. The molecule has 0 bridgehead atoms. The van der Waals surface area contributed by atoms with Gasteiger partial charge in [0.1, 0.15) is 5.75 Å². The molecule has 1 aliphatic heterocycles. The van der Waals surface area contributed by atoms with Crippen molar-refractivity contribution in [2.24, 2.45) is 5.41 Å². The molecule has 0 radical (unpaired) electrons. The van der Waals surface area contributed by atoms with E-state index >= 15 is 0 Å². The van der Waals surface area contributed by atoms with Gasteiger partial charge < -0.3 is 15.0 Å². The van der Waals surface area contributed by atoms with Crippen molar-refractivity contribution in [3.63, 3.8) is 0 Å². The highest BCUT2D eigenvalue weighted by Crippen LogP contribution is 2.18. The third kappa shape index (κ3) is 7.32. The first kappa shape index (κ1) is 22.7. The highest BCUT2D eigenvalue weighted by molar-refractivity contribution is 5.94. The van der Waals surface area contributed by atoms with Crippen molar-refractivity contribution in [2.45, 2.75) is 33.7 Å². The molecule has 0 saturated carbocycles. The zero-order chi connectivity index (χ0) is 22.3. The summed E-state index contributed by atoms with van der Waals surface area (Å²) in [6.07, 6.45) is 5.63. The van der Waals surface area contributed by atoms with Gasteiger partial charge in [0.05, 0.1) is 5.69 Å². The number of carbonyl (C=O) groups excluding carboxylic acids is 2. The third-order valence-corrected chi connectivity index (χ3v) is 5.11. The van der Waals surface area contributed by atoms with Gasteiger partial charge in [-0.05, 0) is 36.1 Å². The van der Waals surface area contributed by atoms with Crippen LogP contribution in [-0.2, 0) is 6.54 Å². The standard InChI is InChI=1S/C23H31N5O3/c1-23(2,3)8-9-26-21(29)18-4-6-20(7-5-18)31-22(30)28-14-12-27(13-15-28)17-19-16-24-10-11-25-19/h4-7,10-11,16H,8-9,12-15,17H2,1-3H3,(H,26,29). The molecule has 2 amide bonds. The van der Waals surface area contributed by atoms with Gasteiger partial charge in [-0.1, -0.05) is 20.8 Å². The van der Waals surface area contributed by atoms with Gasteiger partial charge in [0.25, 0.3) is 5.91 Å². The zero-order valence-corrected chi connectivity index (χ0v) is 18.5. The van der Waals surface area contributed by atoms with Crippen LogP contribution in [0.3, 0.4) is 0 Å². The van der Waals surface area contributed by atoms with E-state index in [0.29, 0.717) is 30.9 Å². The molecule has 0 spiro atoms. The highest BCUT2D eigenvalue weighted by Gasteiger charge is 2.23. The van der Waals surface area contributed by atoms with Crippen LogP contribution in [0.4, 0.5) is 4.79 Å². The van der Waals surface area contributed by atoms with Crippen molar-refractivity contribution in [1.29, 1.82) is 0 Å². The number of piperazine rings is 1. The van der Waals surface area contributed by atoms with Gasteiger partial charge in [-0.2, -0.15) is 0 Å². The smallest absolute Gasteiger partial charge is 0.410 e. The largest absolute Gasteiger partial charge is 0.415 e. The number of amides is 2. The number of rotatable bonds is 6. The molecule has 1 aromatic carbocycles. The fourth-order valence-corrected chi connectivity index (χ4v) is 3.22. The Hall–Kier alpha value is -3.00. The number of ether oxygens (including phenoxy) is 1. The molecule has 2 heterocycles. The van der Waals surface area contributed by atoms with Gasteiger partial charge in [0.2, 0.25) is 0 Å². The van der Waals surface area contributed by atoms with Crippen molar-refractivity contribution in [2.75, 3.05) is 32.7 Å². The van der Waals surface area contributed by atoms with E-state index in [4.69, 9.17) is 4.74 Å². The minimum Gasteiger partial charge on any atom is -0.410 e. The lowest BCUT2D eigenvalue weighted by Gasteiger charge is -2.33. The molecule has 0 unspecified atom stereocenters. The second-order valence-corrected chi connectivity index (χ2v) is 8.92. The summed E-state index contributed by atoms with van der Waals surface area (Å²) in [5.74, 6) is 0.305. The summed E-state index contributed by atoms with van der Waals surface area (Å²) in [7, 11) is 0. The predicted octanol–water partition coefficient (Wildman–Crippen LogP) is 2.96. The number of carbonyl (C=O) groups is 2. The molecule has 0 aliphatic carbocycles. The Labute approximate surface area is 183 Å². The van der Waals surface area contributed by atoms with E-state index in [1.807, 2.05) is 0 Å². The van der Waals surface area contributed by atoms with Gasteiger partial charge in [0, 0.05) is 63.4 Å². The fourth-order valence-electron chi connectivity index (χ4n) is 3.22. The molecule has 0 atom stereocenters. The van der Waals surface area contributed by atoms with Crippen molar-refractivity contribution >= 4 is 12.0 Å². The molecular formula is C23H31N5O3. The van der Waals surface area contributed by atoms with Gasteiger partial charge >= 0.3 is 6.09 Å². The van der Waals surface area contributed by atoms with Gasteiger partial charge in [-0.3, -0.25) is 19.7 Å². The Morgan fingerprint density at radius 3 is 2.39 bits per heavy atom. The van der Waals surface area contributed by atoms with E-state index in [-0.39, 0.29) is 17.4 Å². The van der Waals surface area contributed by atoms with E-state index in [1.165, 1.54) is 0 Å². The van der Waals surface area contributed by atoms with Gasteiger partial charge in [-0.25, -0.2) is 4.79 Å². The van der Waals surface area contributed by atoms with Crippen LogP contribution >= 0.6 is 0 Å². The average Bonchev–Trinajstić information content (AvgIpc) is 2.74. The fraction of sp³-hybridized carbons (Fsp3) is 0.478. The number of nitrogens with zero attached hydrogens (tertiary/aromatic N) is 4. The molecule has 1 aromatic heterocycles. The molecule has 1 N–H and O–H groups in total. The quantitative estimate of drug-likeness (QED) is 0.766. The minimum absolute atomic E-state index is 0.124. The van der Waals surface area contributed by atoms with Crippen LogP contribution in [0.2, 0.25) is 0 Å². The van der Waals surface area contributed by atoms with E-state index in [2.05, 4.69) is 41.0 Å². The SMILES string of the molecule is CC(C)(C)CCNC(=O)c1ccc(OC(=O)N2CCN(Cc3cnccn3)CC2)cc1. The first-order valence-electron chi connectivity index (χ1n) is 10.6. The van der Waals surface area contributed by atoms with Crippen LogP contribution in [0.25, 0.3) is 0 Å². The number of nitrogens with one attached hydrogen (secondary N) is 1. The van der Waals surface area contributed by atoms with E-state index in [9.17, 15) is 9.59 Å². The van der Waals surface area contributed by atoms with Crippen LogP contribution in [0.5, 0.6) is 5.75 Å². The summed E-state index contributed by atoms with van der Waals surface area (Å²) in [4.78, 5) is 37.0. The Morgan fingerprint density at radius 2 is 1.77 bits per heavy atom. The second kappa shape index (κ2) is 10.3. The lowest BCUT2D eigenvalue weighted by molar-refractivity contribution is 0.0949. The van der Waals surface area contributed by atoms with Crippen molar-refractivity contribution < 1.29 is 14.3 Å². The van der Waals surface area contributed by atoms with E-state index < -0.39 is 0 Å². The summed E-state index contributed by atoms with van der Waals surface area (Å²) in [5.41, 5.74) is 1.64. The summed E-state index contributed by atoms with van der Waals surface area (Å²) >= 11 is 0. The molecule has 8 heteroatoms. The average molecular weight is 426 g/mol. The number of hydrogen-bond acceptors (Lipinski definition) is 6. The lowest BCUT2D eigenvalue weighted by atomic mass is 9.92. The molecule has 3 rings (SSSR count). The first-order valence-corrected chi connectivity index (χ1v) is 10.6. The van der Waals surface area contributed by atoms with Crippen LogP contribution in [0, 0.1) is 5.41 Å². The van der Waals surface area contributed by atoms with Crippen LogP contribution in [0.15, 0.2) is 42.9 Å². The molecule has 31 heavy (non-hydrogen) atoms. The normalized spacial score (nSPS) is 14.9. The summed E-state index contributed by atoms with van der Waals surface area (Å²) in [6, 6.07) is 6.66. The van der Waals surface area contributed by atoms with Gasteiger partial charge in [-0.15, -0.1) is 0 Å². The summed E-state index contributed by atoms with van der Waals surface area (Å²) < 4.78 is 5.48. The molecule has 8 nitrogen and oxygen atoms in total. The molecule has 2 aromatic rings. The molecule has 166 valence electrons. The molecule has 1 fully saturated rings. The molecular weight excluding hydrogens is 394 g/mol. The van der Waals surface area contributed by atoms with Crippen molar-refractivity contribution in [1.82, 2.24) is 25.1 Å². The number of aromatic nitrogens is 2. The van der Waals surface area contributed by atoms with Crippen molar-refractivity contribution in [3.05, 3.63) is 54.1 Å². The molecule has 1 saturated heterocycles. The van der Waals surface area contributed by atoms with Crippen LogP contribution in [-0.4, -0.2) is 64.5 Å². The van der Waals surface area contributed by atoms with Crippen LogP contribution in [0.1, 0.15) is 43.2 Å². The maximum absolute atomic E-state index is 12.5. The summed E-state index contributed by atoms with van der Waals surface area (Å²) in [6.45, 7) is 10.4. The minimum atomic E-state index is -0.374. The topological polar surface area (TPSA) is 87.7 Å². The maximum Gasteiger partial charge on any atom is 0.415 e. The number of hydrogen-bond donors (Lipinski definition) is 1. The summed E-state index contributed by atoms with van der Waals surface area (Å²) in [5, 5.41) is 2.92. The maximum atomic E-state index is 12.5. The van der Waals surface area contributed by atoms with E-state index in [0.717, 1.165) is 31.7 Å². The van der Waals surface area contributed by atoms with Crippen molar-refractivity contribution in [3.8, 4) is 5.75 Å². The second-order valence-electron chi connectivity index (χ2n) is 8.92. The van der Waals surface area contributed by atoms with Crippen LogP contribution < -0.4 is 10.1 Å². The first-order chi connectivity index (χ1) is 14.8. The lowest BCUT2D eigenvalue weighted by Crippen LogP contribution is -2.49. The highest BCUT2D eigenvalue weighted by atomic mass is 16.6.